The van der Waals surface area contributed by atoms with Crippen LogP contribution in [0.25, 0.3) is 6.08 Å². The standard InChI is InChI=1S/C21H17ClN2O5S/c1-11-17(20(26)28-3)18(14-9-12(22)6-7-15(14)27-2)24-19(25)16(30-21(24)23-11)10-13-5-4-8-29-13/h4-10,18H,1-3H3/b16-10-/t18-/m0/s1. The van der Waals surface area contributed by atoms with Crippen LogP contribution in [-0.4, -0.2) is 24.8 Å². The fourth-order valence-electron chi connectivity index (χ4n) is 3.41. The highest BCUT2D eigenvalue weighted by molar-refractivity contribution is 7.07. The van der Waals surface area contributed by atoms with Gasteiger partial charge in [-0.25, -0.2) is 9.79 Å². The van der Waals surface area contributed by atoms with E-state index in [1.807, 2.05) is 0 Å². The number of rotatable bonds is 4. The van der Waals surface area contributed by atoms with Gasteiger partial charge in [0.15, 0.2) is 4.80 Å². The van der Waals surface area contributed by atoms with E-state index >= 15 is 0 Å². The molecule has 0 saturated heterocycles. The van der Waals surface area contributed by atoms with Crippen molar-refractivity contribution in [2.45, 2.75) is 13.0 Å². The third-order valence-corrected chi connectivity index (χ3v) is 5.95. The Kier molecular flexibility index (Phi) is 5.36. The molecule has 3 aromatic rings. The van der Waals surface area contributed by atoms with E-state index in [1.54, 1.807) is 43.3 Å². The molecule has 0 bridgehead atoms. The molecule has 154 valence electrons. The zero-order valence-corrected chi connectivity index (χ0v) is 17.9. The van der Waals surface area contributed by atoms with Crippen molar-refractivity contribution < 1.29 is 18.7 Å². The predicted octanol–water partition coefficient (Wildman–Crippen LogP) is 2.66. The number of thiazole rings is 1. The van der Waals surface area contributed by atoms with Gasteiger partial charge in [-0.15, -0.1) is 0 Å². The Labute approximate surface area is 180 Å². The lowest BCUT2D eigenvalue weighted by molar-refractivity contribution is -0.136. The summed E-state index contributed by atoms with van der Waals surface area (Å²) in [5.74, 6) is 0.450. The van der Waals surface area contributed by atoms with Gasteiger partial charge in [-0.3, -0.25) is 9.36 Å². The quantitative estimate of drug-likeness (QED) is 0.578. The molecule has 7 nitrogen and oxygen atoms in total. The molecule has 0 saturated carbocycles. The van der Waals surface area contributed by atoms with Crippen molar-refractivity contribution in [3.8, 4) is 5.75 Å². The lowest BCUT2D eigenvalue weighted by atomic mass is 9.95. The minimum atomic E-state index is -0.805. The monoisotopic (exact) mass is 444 g/mol. The van der Waals surface area contributed by atoms with Gasteiger partial charge in [-0.1, -0.05) is 22.9 Å². The number of esters is 1. The summed E-state index contributed by atoms with van der Waals surface area (Å²) in [6.07, 6.45) is 3.18. The first kappa shape index (κ1) is 20.2. The fraction of sp³-hybridized carbons (Fsp3) is 0.190. The molecular formula is C21H17ClN2O5S. The van der Waals surface area contributed by atoms with E-state index in [9.17, 15) is 9.59 Å². The molecular weight excluding hydrogens is 428 g/mol. The zero-order chi connectivity index (χ0) is 21.4. The maximum atomic E-state index is 13.4. The second-order valence-corrected chi connectivity index (χ2v) is 7.92. The van der Waals surface area contributed by atoms with Crippen LogP contribution in [0.15, 0.2) is 62.1 Å². The van der Waals surface area contributed by atoms with Crippen molar-refractivity contribution >= 4 is 35.0 Å². The van der Waals surface area contributed by atoms with Crippen LogP contribution in [0.2, 0.25) is 5.02 Å². The van der Waals surface area contributed by atoms with Crippen LogP contribution in [0.5, 0.6) is 5.75 Å². The van der Waals surface area contributed by atoms with Crippen molar-refractivity contribution in [3.63, 3.8) is 0 Å². The summed E-state index contributed by atoms with van der Waals surface area (Å²) in [5.41, 5.74) is 0.955. The summed E-state index contributed by atoms with van der Waals surface area (Å²) in [7, 11) is 2.80. The molecule has 30 heavy (non-hydrogen) atoms. The number of carbonyl (C=O) groups is 1. The van der Waals surface area contributed by atoms with Crippen LogP contribution in [0, 0.1) is 0 Å². The van der Waals surface area contributed by atoms with Crippen LogP contribution in [0.3, 0.4) is 0 Å². The number of carbonyl (C=O) groups excluding carboxylic acids is 1. The Morgan fingerprint density at radius 1 is 1.33 bits per heavy atom. The highest BCUT2D eigenvalue weighted by atomic mass is 35.5. The molecule has 0 spiro atoms. The average Bonchev–Trinajstić information content (AvgIpc) is 3.35. The van der Waals surface area contributed by atoms with E-state index < -0.39 is 12.0 Å². The van der Waals surface area contributed by atoms with Gasteiger partial charge in [0.1, 0.15) is 17.6 Å². The molecule has 0 radical (unpaired) electrons. The number of aromatic nitrogens is 1. The Hall–Kier alpha value is -3.10. The van der Waals surface area contributed by atoms with Crippen molar-refractivity contribution in [1.29, 1.82) is 0 Å². The molecule has 2 aromatic heterocycles. The van der Waals surface area contributed by atoms with Gasteiger partial charge in [0.25, 0.3) is 5.56 Å². The van der Waals surface area contributed by atoms with Crippen molar-refractivity contribution in [2.24, 2.45) is 4.99 Å². The Balaban J connectivity index is 2.05. The smallest absolute Gasteiger partial charge is 0.338 e. The highest BCUT2D eigenvalue weighted by Crippen LogP contribution is 2.37. The minimum Gasteiger partial charge on any atom is -0.496 e. The number of allylic oxidation sites excluding steroid dienone is 1. The second kappa shape index (κ2) is 7.97. The third kappa shape index (κ3) is 3.38. The lowest BCUT2D eigenvalue weighted by Gasteiger charge is -2.25. The lowest BCUT2D eigenvalue weighted by Crippen LogP contribution is -2.40. The molecule has 1 aliphatic heterocycles. The number of furan rings is 1. The molecule has 0 aliphatic carbocycles. The largest absolute Gasteiger partial charge is 0.496 e. The van der Waals surface area contributed by atoms with Crippen LogP contribution in [0.1, 0.15) is 24.3 Å². The van der Waals surface area contributed by atoms with Crippen LogP contribution < -0.4 is 19.6 Å². The molecule has 0 amide bonds. The topological polar surface area (TPSA) is 83.0 Å². The number of fused-ring (bicyclic) bond motifs is 1. The van der Waals surface area contributed by atoms with Gasteiger partial charge < -0.3 is 13.9 Å². The van der Waals surface area contributed by atoms with Gasteiger partial charge in [-0.05, 0) is 37.3 Å². The van der Waals surface area contributed by atoms with Crippen LogP contribution in [-0.2, 0) is 9.53 Å². The first-order chi connectivity index (χ1) is 14.4. The van der Waals surface area contributed by atoms with Gasteiger partial charge in [0, 0.05) is 16.7 Å². The molecule has 1 atom stereocenters. The normalized spacial score (nSPS) is 16.3. The molecule has 0 N–H and O–H groups in total. The summed E-state index contributed by atoms with van der Waals surface area (Å²) in [6, 6.07) is 7.74. The summed E-state index contributed by atoms with van der Waals surface area (Å²) < 4.78 is 17.7. The van der Waals surface area contributed by atoms with Gasteiger partial charge in [0.05, 0.1) is 36.3 Å². The number of benzene rings is 1. The summed E-state index contributed by atoms with van der Waals surface area (Å²) in [5, 5.41) is 0.447. The van der Waals surface area contributed by atoms with E-state index in [2.05, 4.69) is 4.99 Å². The number of hydrogen-bond donors (Lipinski definition) is 0. The predicted molar refractivity (Wildman–Crippen MR) is 112 cm³/mol. The van der Waals surface area contributed by atoms with Gasteiger partial charge >= 0.3 is 5.97 Å². The Morgan fingerprint density at radius 3 is 2.80 bits per heavy atom. The van der Waals surface area contributed by atoms with Gasteiger partial charge in [-0.2, -0.15) is 0 Å². The zero-order valence-electron chi connectivity index (χ0n) is 16.3. The Morgan fingerprint density at radius 2 is 2.13 bits per heavy atom. The first-order valence-corrected chi connectivity index (χ1v) is 10.1. The fourth-order valence-corrected chi connectivity index (χ4v) is 4.62. The van der Waals surface area contributed by atoms with E-state index in [0.29, 0.717) is 37.1 Å². The van der Waals surface area contributed by atoms with E-state index in [0.717, 1.165) is 0 Å². The molecule has 3 heterocycles. The number of ether oxygens (including phenoxy) is 2. The van der Waals surface area contributed by atoms with Crippen LogP contribution >= 0.6 is 22.9 Å². The SMILES string of the molecule is COC(=O)C1=C(C)N=c2s/c(=C\c3ccco3)c(=O)n2[C@H]1c1cc(Cl)ccc1OC. The van der Waals surface area contributed by atoms with Crippen molar-refractivity contribution in [2.75, 3.05) is 14.2 Å². The van der Waals surface area contributed by atoms with Crippen molar-refractivity contribution in [3.05, 3.63) is 83.9 Å². The summed E-state index contributed by atoms with van der Waals surface area (Å²) in [6.45, 7) is 1.71. The average molecular weight is 445 g/mol. The summed E-state index contributed by atoms with van der Waals surface area (Å²) >= 11 is 7.45. The minimum absolute atomic E-state index is 0.245. The van der Waals surface area contributed by atoms with E-state index in [1.165, 1.54) is 36.4 Å². The third-order valence-electron chi connectivity index (χ3n) is 4.73. The maximum Gasteiger partial charge on any atom is 0.338 e. The van der Waals surface area contributed by atoms with Gasteiger partial charge in [0.2, 0.25) is 0 Å². The summed E-state index contributed by atoms with van der Waals surface area (Å²) in [4.78, 5) is 31.0. The molecule has 1 aromatic carbocycles. The van der Waals surface area contributed by atoms with Crippen LogP contribution in [0.4, 0.5) is 0 Å². The first-order valence-electron chi connectivity index (χ1n) is 8.92. The maximum absolute atomic E-state index is 13.4. The van der Waals surface area contributed by atoms with E-state index in [4.69, 9.17) is 25.5 Å². The molecule has 1 aliphatic rings. The van der Waals surface area contributed by atoms with Crippen molar-refractivity contribution in [1.82, 2.24) is 4.57 Å². The molecule has 4 rings (SSSR count). The highest BCUT2D eigenvalue weighted by Gasteiger charge is 2.35. The number of halogens is 1. The Bertz CT molecular complexity index is 1330. The molecule has 9 heteroatoms. The molecule has 0 unspecified atom stereocenters. The number of nitrogens with zero attached hydrogens (tertiary/aromatic N) is 2. The number of methoxy groups -OCH3 is 2. The number of hydrogen-bond acceptors (Lipinski definition) is 7. The molecule has 0 fully saturated rings. The second-order valence-electron chi connectivity index (χ2n) is 6.48. The van der Waals surface area contributed by atoms with E-state index in [-0.39, 0.29) is 11.1 Å².